The Kier molecular flexibility index (Phi) is 5.02. The predicted molar refractivity (Wildman–Crippen MR) is 99.1 cm³/mol. The zero-order valence-corrected chi connectivity index (χ0v) is 14.8. The molecule has 2 aliphatic heterocycles. The third kappa shape index (κ3) is 3.80. The fourth-order valence-electron chi connectivity index (χ4n) is 3.99. The average molecular weight is 352 g/mol. The molecule has 0 saturated carbocycles. The van der Waals surface area contributed by atoms with Crippen molar-refractivity contribution in [3.05, 3.63) is 71.3 Å². The molecule has 2 atom stereocenters. The van der Waals surface area contributed by atoms with Crippen LogP contribution in [0.2, 0.25) is 0 Å². The van der Waals surface area contributed by atoms with Crippen LogP contribution in [-0.2, 0) is 17.8 Å². The molecule has 1 N–H and O–H groups in total. The van der Waals surface area contributed by atoms with Crippen LogP contribution in [0.3, 0.4) is 0 Å². The molecule has 2 aliphatic rings. The van der Waals surface area contributed by atoms with Gasteiger partial charge in [-0.3, -0.25) is 9.80 Å². The number of fused-ring (bicyclic) bond motifs is 1. The Labute approximate surface area is 153 Å². The molecule has 26 heavy (non-hydrogen) atoms. The van der Waals surface area contributed by atoms with E-state index in [-0.39, 0.29) is 6.10 Å². The van der Waals surface area contributed by atoms with Gasteiger partial charge in [-0.15, -0.1) is 0 Å². The average Bonchev–Trinajstić information content (AvgIpc) is 3.06. The summed E-state index contributed by atoms with van der Waals surface area (Å²) in [5, 5.41) is 9.02. The van der Waals surface area contributed by atoms with Crippen LogP contribution >= 0.6 is 0 Å². The lowest BCUT2D eigenvalue weighted by atomic mass is 10.1. The van der Waals surface area contributed by atoms with Crippen molar-refractivity contribution in [1.29, 1.82) is 0 Å². The minimum Gasteiger partial charge on any atom is -0.478 e. The van der Waals surface area contributed by atoms with E-state index in [2.05, 4.69) is 40.1 Å². The van der Waals surface area contributed by atoms with Gasteiger partial charge >= 0.3 is 5.97 Å². The third-order valence-corrected chi connectivity index (χ3v) is 5.33. The van der Waals surface area contributed by atoms with Gasteiger partial charge in [0.2, 0.25) is 0 Å². The highest BCUT2D eigenvalue weighted by Crippen LogP contribution is 2.25. The van der Waals surface area contributed by atoms with Crippen LogP contribution in [0.25, 0.3) is 0 Å². The number of carboxylic acids is 1. The standard InChI is InChI=1S/C21H24N2O3/c24-21(25)18-8-6-17(7-9-18)12-22-14-19-20(15-22)26-11-10-23(19)13-16-4-2-1-3-5-16/h1-9,19-20H,10-15H2,(H,24,25)/t19-,20+/m1/s1. The fraction of sp³-hybridized carbons (Fsp3) is 0.381. The Morgan fingerprint density at radius 3 is 2.46 bits per heavy atom. The van der Waals surface area contributed by atoms with Gasteiger partial charge in [0, 0.05) is 32.7 Å². The monoisotopic (exact) mass is 352 g/mol. The van der Waals surface area contributed by atoms with Crippen molar-refractivity contribution in [2.24, 2.45) is 0 Å². The highest BCUT2D eigenvalue weighted by atomic mass is 16.5. The second-order valence-electron chi connectivity index (χ2n) is 7.13. The van der Waals surface area contributed by atoms with Gasteiger partial charge in [0.15, 0.2) is 0 Å². The number of likely N-dealkylation sites (tertiary alicyclic amines) is 1. The first-order valence-corrected chi connectivity index (χ1v) is 9.13. The van der Waals surface area contributed by atoms with Gasteiger partial charge in [-0.05, 0) is 23.3 Å². The van der Waals surface area contributed by atoms with Gasteiger partial charge in [-0.1, -0.05) is 42.5 Å². The van der Waals surface area contributed by atoms with Crippen LogP contribution < -0.4 is 0 Å². The summed E-state index contributed by atoms with van der Waals surface area (Å²) in [5.74, 6) is -0.881. The number of hydrogen-bond acceptors (Lipinski definition) is 4. The number of rotatable bonds is 5. The SMILES string of the molecule is O=C(O)c1ccc(CN2C[C@@H]3OCCN(Cc4ccccc4)[C@@H]3C2)cc1. The maximum Gasteiger partial charge on any atom is 0.335 e. The molecule has 136 valence electrons. The summed E-state index contributed by atoms with van der Waals surface area (Å²) < 4.78 is 6.03. The molecule has 4 rings (SSSR count). The number of ether oxygens (including phenoxy) is 1. The van der Waals surface area contributed by atoms with Crippen LogP contribution in [0.5, 0.6) is 0 Å². The van der Waals surface area contributed by atoms with Crippen LogP contribution in [0.15, 0.2) is 54.6 Å². The number of benzene rings is 2. The molecular weight excluding hydrogens is 328 g/mol. The number of carbonyl (C=O) groups is 1. The summed E-state index contributed by atoms with van der Waals surface area (Å²) in [7, 11) is 0. The van der Waals surface area contributed by atoms with Crippen LogP contribution in [-0.4, -0.2) is 59.3 Å². The summed E-state index contributed by atoms with van der Waals surface area (Å²) >= 11 is 0. The molecule has 0 spiro atoms. The Morgan fingerprint density at radius 2 is 1.73 bits per heavy atom. The van der Waals surface area contributed by atoms with E-state index in [1.807, 2.05) is 12.1 Å². The normalized spacial score (nSPS) is 23.7. The maximum atomic E-state index is 11.0. The van der Waals surface area contributed by atoms with E-state index in [1.165, 1.54) is 5.56 Å². The summed E-state index contributed by atoms with van der Waals surface area (Å²) in [4.78, 5) is 15.9. The van der Waals surface area contributed by atoms with Gasteiger partial charge in [-0.2, -0.15) is 0 Å². The first-order valence-electron chi connectivity index (χ1n) is 9.13. The van der Waals surface area contributed by atoms with E-state index in [0.29, 0.717) is 11.6 Å². The van der Waals surface area contributed by atoms with Gasteiger partial charge < -0.3 is 9.84 Å². The molecule has 2 heterocycles. The summed E-state index contributed by atoms with van der Waals surface area (Å²) in [6, 6.07) is 18.2. The van der Waals surface area contributed by atoms with Gasteiger partial charge in [-0.25, -0.2) is 4.79 Å². The number of hydrogen-bond donors (Lipinski definition) is 1. The molecular formula is C21H24N2O3. The smallest absolute Gasteiger partial charge is 0.335 e. The van der Waals surface area contributed by atoms with Crippen LogP contribution in [0.1, 0.15) is 21.5 Å². The number of carboxylic acid groups (broad SMARTS) is 1. The Bertz CT molecular complexity index is 748. The minimum atomic E-state index is -0.881. The van der Waals surface area contributed by atoms with Crippen molar-refractivity contribution in [3.8, 4) is 0 Å². The van der Waals surface area contributed by atoms with Crippen molar-refractivity contribution in [2.45, 2.75) is 25.2 Å². The molecule has 0 unspecified atom stereocenters. The van der Waals surface area contributed by atoms with Crippen molar-refractivity contribution in [1.82, 2.24) is 9.80 Å². The number of morpholine rings is 1. The highest BCUT2D eigenvalue weighted by Gasteiger charge is 2.39. The van der Waals surface area contributed by atoms with Gasteiger partial charge in [0.25, 0.3) is 0 Å². The Balaban J connectivity index is 1.40. The zero-order chi connectivity index (χ0) is 17.9. The Hall–Kier alpha value is -2.21. The molecule has 2 aromatic carbocycles. The second kappa shape index (κ2) is 7.58. The van der Waals surface area contributed by atoms with Crippen molar-refractivity contribution in [2.75, 3.05) is 26.2 Å². The first kappa shape index (κ1) is 17.2. The van der Waals surface area contributed by atoms with Gasteiger partial charge in [0.1, 0.15) is 0 Å². The van der Waals surface area contributed by atoms with Crippen LogP contribution in [0, 0.1) is 0 Å². The van der Waals surface area contributed by atoms with E-state index < -0.39 is 5.97 Å². The van der Waals surface area contributed by atoms with E-state index in [1.54, 1.807) is 12.1 Å². The van der Waals surface area contributed by atoms with Crippen molar-refractivity contribution < 1.29 is 14.6 Å². The molecule has 0 aliphatic carbocycles. The van der Waals surface area contributed by atoms with E-state index in [4.69, 9.17) is 9.84 Å². The lowest BCUT2D eigenvalue weighted by Gasteiger charge is -2.37. The topological polar surface area (TPSA) is 53.0 Å². The van der Waals surface area contributed by atoms with Crippen molar-refractivity contribution >= 4 is 5.97 Å². The highest BCUT2D eigenvalue weighted by molar-refractivity contribution is 5.87. The molecule has 0 bridgehead atoms. The quantitative estimate of drug-likeness (QED) is 0.896. The molecule has 2 saturated heterocycles. The largest absolute Gasteiger partial charge is 0.478 e. The predicted octanol–water partition coefficient (Wildman–Crippen LogP) is 2.47. The van der Waals surface area contributed by atoms with Gasteiger partial charge in [0.05, 0.1) is 24.3 Å². The molecule has 0 radical (unpaired) electrons. The Morgan fingerprint density at radius 1 is 1.00 bits per heavy atom. The van der Waals surface area contributed by atoms with Crippen molar-refractivity contribution in [3.63, 3.8) is 0 Å². The number of aromatic carboxylic acids is 1. The maximum absolute atomic E-state index is 11.0. The van der Waals surface area contributed by atoms with Crippen LogP contribution in [0.4, 0.5) is 0 Å². The molecule has 0 aromatic heterocycles. The molecule has 2 fully saturated rings. The zero-order valence-electron chi connectivity index (χ0n) is 14.8. The minimum absolute atomic E-state index is 0.255. The summed E-state index contributed by atoms with van der Waals surface area (Å²) in [6.07, 6.45) is 0.255. The third-order valence-electron chi connectivity index (χ3n) is 5.33. The lowest BCUT2D eigenvalue weighted by molar-refractivity contribution is -0.0504. The molecule has 5 nitrogen and oxygen atoms in total. The molecule has 2 aromatic rings. The van der Waals surface area contributed by atoms with E-state index >= 15 is 0 Å². The van der Waals surface area contributed by atoms with E-state index in [9.17, 15) is 4.79 Å². The number of nitrogens with zero attached hydrogens (tertiary/aromatic N) is 2. The molecule has 0 amide bonds. The summed E-state index contributed by atoms with van der Waals surface area (Å²) in [5.41, 5.74) is 2.82. The fourth-order valence-corrected chi connectivity index (χ4v) is 3.99. The van der Waals surface area contributed by atoms with E-state index in [0.717, 1.165) is 44.9 Å². The lowest BCUT2D eigenvalue weighted by Crippen LogP contribution is -2.50. The second-order valence-corrected chi connectivity index (χ2v) is 7.13. The molecule has 5 heteroatoms. The first-order chi connectivity index (χ1) is 12.7. The summed E-state index contributed by atoms with van der Waals surface area (Å²) in [6.45, 7) is 5.46.